The van der Waals surface area contributed by atoms with Crippen LogP contribution in [0.2, 0.25) is 0 Å². The summed E-state index contributed by atoms with van der Waals surface area (Å²) in [6.45, 7) is 4.46. The van der Waals surface area contributed by atoms with Crippen LogP contribution in [0.3, 0.4) is 0 Å². The Morgan fingerprint density at radius 3 is 2.33 bits per heavy atom. The molecule has 24 heavy (non-hydrogen) atoms. The van der Waals surface area contributed by atoms with Gasteiger partial charge in [0.05, 0.1) is 33.6 Å². The first kappa shape index (κ1) is 18.9. The number of methoxy groups -OCH3 is 2. The van der Waals surface area contributed by atoms with Gasteiger partial charge in [0, 0.05) is 5.56 Å². The van der Waals surface area contributed by atoms with Gasteiger partial charge in [-0.1, -0.05) is 0 Å². The third kappa shape index (κ3) is 4.15. The molecule has 7 nitrogen and oxygen atoms in total. The molecule has 0 bridgehead atoms. The van der Waals surface area contributed by atoms with Gasteiger partial charge in [-0.15, -0.1) is 0 Å². The largest absolute Gasteiger partial charge is 0.493 e. The lowest BCUT2D eigenvalue weighted by atomic mass is 10.1. The second-order valence-corrected chi connectivity index (χ2v) is 7.30. The summed E-state index contributed by atoms with van der Waals surface area (Å²) < 4.78 is 44.9. The maximum absolute atomic E-state index is 12.5. The molecule has 0 spiro atoms. The van der Waals surface area contributed by atoms with Crippen molar-refractivity contribution in [3.8, 4) is 23.0 Å². The van der Waals surface area contributed by atoms with Crippen molar-refractivity contribution in [3.05, 3.63) is 11.6 Å². The second kappa shape index (κ2) is 8.60. The third-order valence-corrected chi connectivity index (χ3v) is 5.76. The predicted octanol–water partition coefficient (Wildman–Crippen LogP) is 3.63. The summed E-state index contributed by atoms with van der Waals surface area (Å²) in [5.41, 5.74) is 0.901. The van der Waals surface area contributed by atoms with E-state index in [0.717, 1.165) is 5.56 Å². The van der Waals surface area contributed by atoms with E-state index in [1.54, 1.807) is 28.1 Å². The van der Waals surface area contributed by atoms with Crippen molar-refractivity contribution in [2.75, 3.05) is 40.4 Å². The van der Waals surface area contributed by atoms with Crippen LogP contribution in [0.5, 0.6) is 23.0 Å². The number of rotatable bonds is 10. The number of fused-ring (bicyclic) bond motifs is 1. The van der Waals surface area contributed by atoms with Crippen molar-refractivity contribution in [3.63, 3.8) is 0 Å². The van der Waals surface area contributed by atoms with Gasteiger partial charge in [-0.25, -0.2) is 0 Å². The predicted molar refractivity (Wildman–Crippen MR) is 89.7 cm³/mol. The van der Waals surface area contributed by atoms with Gasteiger partial charge in [0.25, 0.3) is 0 Å². The van der Waals surface area contributed by atoms with Gasteiger partial charge in [0.1, 0.15) is 0 Å². The van der Waals surface area contributed by atoms with Crippen molar-refractivity contribution < 1.29 is 32.6 Å². The molecule has 0 fully saturated rings. The monoisotopic (exact) mass is 360 g/mol. The maximum atomic E-state index is 12.5. The Bertz CT molecular complexity index is 593. The molecule has 0 atom stereocenters. The van der Waals surface area contributed by atoms with Crippen LogP contribution < -0.4 is 18.9 Å². The van der Waals surface area contributed by atoms with Crippen LogP contribution in [0.1, 0.15) is 25.8 Å². The lowest BCUT2D eigenvalue weighted by Gasteiger charge is -2.18. The highest BCUT2D eigenvalue weighted by Crippen LogP contribution is 2.51. The van der Waals surface area contributed by atoms with Gasteiger partial charge in [-0.05, 0) is 32.8 Å². The molecule has 0 amide bonds. The molecular formula is C16H25O7P. The lowest BCUT2D eigenvalue weighted by molar-refractivity contribution is 0.168. The Labute approximate surface area is 142 Å². The minimum Gasteiger partial charge on any atom is -0.493 e. The van der Waals surface area contributed by atoms with E-state index in [2.05, 4.69) is 0 Å². The highest BCUT2D eigenvalue weighted by Gasteiger charge is 2.28. The smallest absolute Gasteiger partial charge is 0.330 e. The van der Waals surface area contributed by atoms with Crippen LogP contribution in [0.4, 0.5) is 0 Å². The average Bonchev–Trinajstić information content (AvgIpc) is 3.03. The Hall–Kier alpha value is -1.43. The summed E-state index contributed by atoms with van der Waals surface area (Å²) in [6, 6.07) is 1.86. The minimum absolute atomic E-state index is 0.134. The second-order valence-electron chi connectivity index (χ2n) is 5.11. The highest BCUT2D eigenvalue weighted by molar-refractivity contribution is 7.53. The lowest BCUT2D eigenvalue weighted by Crippen LogP contribution is -2.03. The molecule has 136 valence electrons. The number of hydrogen-bond acceptors (Lipinski definition) is 7. The topological polar surface area (TPSA) is 72.5 Å². The van der Waals surface area contributed by atoms with E-state index in [9.17, 15) is 4.57 Å². The van der Waals surface area contributed by atoms with Crippen LogP contribution in [0.15, 0.2) is 6.07 Å². The molecule has 1 aromatic rings. The van der Waals surface area contributed by atoms with Gasteiger partial charge in [-0.3, -0.25) is 4.57 Å². The van der Waals surface area contributed by atoms with E-state index in [4.69, 9.17) is 28.0 Å². The van der Waals surface area contributed by atoms with Gasteiger partial charge in [0.2, 0.25) is 18.3 Å². The van der Waals surface area contributed by atoms with Crippen LogP contribution >= 0.6 is 7.60 Å². The van der Waals surface area contributed by atoms with Crippen molar-refractivity contribution in [2.45, 2.75) is 26.7 Å². The zero-order valence-corrected chi connectivity index (χ0v) is 15.5. The first-order valence-corrected chi connectivity index (χ1v) is 9.72. The molecule has 0 aromatic heterocycles. The number of benzene rings is 1. The average molecular weight is 360 g/mol. The molecule has 1 aliphatic rings. The van der Waals surface area contributed by atoms with Gasteiger partial charge in [-0.2, -0.15) is 0 Å². The summed E-state index contributed by atoms with van der Waals surface area (Å²) in [4.78, 5) is 0. The molecule has 0 saturated heterocycles. The summed E-state index contributed by atoms with van der Waals surface area (Å²) in [7, 11) is 0.115. The first-order valence-electron chi connectivity index (χ1n) is 8.00. The normalized spacial score (nSPS) is 13.2. The fourth-order valence-corrected chi connectivity index (χ4v) is 4.31. The van der Waals surface area contributed by atoms with Crippen molar-refractivity contribution in [1.82, 2.24) is 0 Å². The maximum Gasteiger partial charge on any atom is 0.330 e. The fourth-order valence-electron chi connectivity index (χ4n) is 2.65. The number of hydrogen-bond donors (Lipinski definition) is 0. The van der Waals surface area contributed by atoms with E-state index in [-0.39, 0.29) is 6.79 Å². The minimum atomic E-state index is -3.04. The molecule has 0 unspecified atom stereocenters. The molecule has 1 heterocycles. The van der Waals surface area contributed by atoms with Crippen molar-refractivity contribution in [2.24, 2.45) is 0 Å². The third-order valence-electron chi connectivity index (χ3n) is 3.59. The zero-order valence-electron chi connectivity index (χ0n) is 14.6. The van der Waals surface area contributed by atoms with Crippen LogP contribution in [-0.4, -0.2) is 40.4 Å². The van der Waals surface area contributed by atoms with Gasteiger partial charge >= 0.3 is 7.60 Å². The molecule has 2 rings (SSSR count). The molecule has 8 heteroatoms. The van der Waals surface area contributed by atoms with Crippen molar-refractivity contribution >= 4 is 7.60 Å². The number of ether oxygens (including phenoxy) is 4. The zero-order chi connectivity index (χ0) is 17.6. The summed E-state index contributed by atoms with van der Waals surface area (Å²) in [5, 5.41) is 0. The van der Waals surface area contributed by atoms with E-state index in [1.807, 2.05) is 6.07 Å². The SMILES string of the molecule is CCOP(=O)(CCCc1cc(OC)c2c(c1OC)OCO2)OCC. The molecule has 0 N–H and O–H groups in total. The quantitative estimate of drug-likeness (QED) is 0.590. The Balaban J connectivity index is 2.13. The summed E-state index contributed by atoms with van der Waals surface area (Å²) in [5.74, 6) is 2.30. The Morgan fingerprint density at radius 2 is 1.75 bits per heavy atom. The van der Waals surface area contributed by atoms with Crippen molar-refractivity contribution in [1.29, 1.82) is 0 Å². The summed E-state index contributed by atoms with van der Waals surface area (Å²) in [6.07, 6.45) is 1.59. The molecular weight excluding hydrogens is 335 g/mol. The first-order chi connectivity index (χ1) is 11.6. The fraction of sp³-hybridized carbons (Fsp3) is 0.625. The molecule has 0 radical (unpaired) electrons. The number of aryl methyl sites for hydroxylation is 1. The Kier molecular flexibility index (Phi) is 6.78. The van der Waals surface area contributed by atoms with E-state index in [1.165, 1.54) is 0 Å². The summed E-state index contributed by atoms with van der Waals surface area (Å²) >= 11 is 0. The van der Waals surface area contributed by atoms with Crippen LogP contribution in [0, 0.1) is 0 Å². The van der Waals surface area contributed by atoms with E-state index in [0.29, 0.717) is 55.2 Å². The van der Waals surface area contributed by atoms with E-state index < -0.39 is 7.60 Å². The molecule has 0 aliphatic carbocycles. The van der Waals surface area contributed by atoms with Gasteiger partial charge in [0.15, 0.2) is 11.5 Å². The highest BCUT2D eigenvalue weighted by atomic mass is 31.2. The molecule has 1 aromatic carbocycles. The molecule has 1 aliphatic heterocycles. The Morgan fingerprint density at radius 1 is 1.08 bits per heavy atom. The van der Waals surface area contributed by atoms with Gasteiger partial charge < -0.3 is 28.0 Å². The standard InChI is InChI=1S/C16H25O7P/c1-5-22-24(17,23-6-2)9-7-8-12-10-13(18-3)15-16(14(12)19-4)21-11-20-15/h10H,5-9,11H2,1-4H3. The molecule has 0 saturated carbocycles. The van der Waals surface area contributed by atoms with Crippen LogP contribution in [0.25, 0.3) is 0 Å². The van der Waals surface area contributed by atoms with E-state index >= 15 is 0 Å². The van der Waals surface area contributed by atoms with Crippen LogP contribution in [-0.2, 0) is 20.0 Å².